The third kappa shape index (κ3) is 3.29. The van der Waals surface area contributed by atoms with Crippen molar-refractivity contribution in [1.29, 1.82) is 0 Å². The zero-order chi connectivity index (χ0) is 13.7. The molecule has 1 atom stereocenters. The smallest absolute Gasteiger partial charge is 0.124 e. The lowest BCUT2D eigenvalue weighted by atomic mass is 10.00. The number of nitrogens with one attached hydrogen (secondary N) is 1. The first-order valence-corrected chi connectivity index (χ1v) is 6.97. The third-order valence-electron chi connectivity index (χ3n) is 3.36. The SMILES string of the molecule is CCNC(C1=CCCCO1)c1ccc(C)cc1OC. The zero-order valence-corrected chi connectivity index (χ0v) is 12.0. The standard InChI is InChI=1S/C16H23NO2/c1-4-17-16(14-7-5-6-10-19-14)13-9-8-12(2)11-15(13)18-3/h7-9,11,16-17H,4-6,10H2,1-3H3. The molecule has 3 heteroatoms. The molecule has 0 saturated heterocycles. The lowest BCUT2D eigenvalue weighted by molar-refractivity contribution is 0.167. The zero-order valence-electron chi connectivity index (χ0n) is 12.0. The van der Waals surface area contributed by atoms with E-state index in [0.717, 1.165) is 43.1 Å². The number of methoxy groups -OCH3 is 1. The van der Waals surface area contributed by atoms with Crippen LogP contribution in [-0.4, -0.2) is 20.3 Å². The second kappa shape index (κ2) is 6.62. The summed E-state index contributed by atoms with van der Waals surface area (Å²) in [7, 11) is 1.72. The van der Waals surface area contributed by atoms with E-state index in [1.54, 1.807) is 7.11 Å². The van der Waals surface area contributed by atoms with Crippen LogP contribution in [0, 0.1) is 6.92 Å². The highest BCUT2D eigenvalue weighted by atomic mass is 16.5. The normalized spacial score (nSPS) is 16.5. The molecule has 0 bridgehead atoms. The number of aryl methyl sites for hydroxylation is 1. The number of rotatable bonds is 5. The van der Waals surface area contributed by atoms with Gasteiger partial charge in [-0.1, -0.05) is 19.1 Å². The Morgan fingerprint density at radius 3 is 2.89 bits per heavy atom. The minimum atomic E-state index is 0.0841. The van der Waals surface area contributed by atoms with Gasteiger partial charge >= 0.3 is 0 Å². The summed E-state index contributed by atoms with van der Waals surface area (Å²) in [4.78, 5) is 0. The van der Waals surface area contributed by atoms with Crippen molar-refractivity contribution in [2.75, 3.05) is 20.3 Å². The molecule has 3 nitrogen and oxygen atoms in total. The van der Waals surface area contributed by atoms with E-state index < -0.39 is 0 Å². The Kier molecular flexibility index (Phi) is 4.86. The number of hydrogen-bond acceptors (Lipinski definition) is 3. The van der Waals surface area contributed by atoms with Gasteiger partial charge in [0.25, 0.3) is 0 Å². The summed E-state index contributed by atoms with van der Waals surface area (Å²) < 4.78 is 11.3. The maximum absolute atomic E-state index is 5.82. The molecule has 0 aliphatic carbocycles. The molecular formula is C16H23NO2. The Bertz CT molecular complexity index is 454. The molecule has 0 fully saturated rings. The van der Waals surface area contributed by atoms with Crippen LogP contribution in [0.3, 0.4) is 0 Å². The lowest BCUT2D eigenvalue weighted by Crippen LogP contribution is -2.25. The van der Waals surface area contributed by atoms with Crippen LogP contribution in [0.1, 0.15) is 36.9 Å². The van der Waals surface area contributed by atoms with Crippen molar-refractivity contribution in [3.63, 3.8) is 0 Å². The van der Waals surface area contributed by atoms with Crippen molar-refractivity contribution in [3.8, 4) is 5.75 Å². The van der Waals surface area contributed by atoms with Crippen LogP contribution in [-0.2, 0) is 4.74 Å². The molecule has 1 N–H and O–H groups in total. The summed E-state index contributed by atoms with van der Waals surface area (Å²) in [5.74, 6) is 1.94. The van der Waals surface area contributed by atoms with Gasteiger partial charge in [-0.05, 0) is 44.0 Å². The fourth-order valence-electron chi connectivity index (χ4n) is 2.40. The molecular weight excluding hydrogens is 238 g/mol. The first kappa shape index (κ1) is 13.9. The molecule has 0 amide bonds. The molecule has 104 valence electrons. The van der Waals surface area contributed by atoms with Crippen LogP contribution in [0.25, 0.3) is 0 Å². The van der Waals surface area contributed by atoms with Crippen LogP contribution in [0.2, 0.25) is 0 Å². The van der Waals surface area contributed by atoms with E-state index >= 15 is 0 Å². The third-order valence-corrected chi connectivity index (χ3v) is 3.36. The maximum atomic E-state index is 5.82. The fourth-order valence-corrected chi connectivity index (χ4v) is 2.40. The molecule has 1 aliphatic rings. The van der Waals surface area contributed by atoms with E-state index in [4.69, 9.17) is 9.47 Å². The topological polar surface area (TPSA) is 30.5 Å². The minimum absolute atomic E-state index is 0.0841. The van der Waals surface area contributed by atoms with E-state index in [-0.39, 0.29) is 6.04 Å². The van der Waals surface area contributed by atoms with Crippen LogP contribution < -0.4 is 10.1 Å². The van der Waals surface area contributed by atoms with Crippen molar-refractivity contribution in [2.24, 2.45) is 0 Å². The Hall–Kier alpha value is -1.48. The van der Waals surface area contributed by atoms with Gasteiger partial charge in [0.1, 0.15) is 11.5 Å². The maximum Gasteiger partial charge on any atom is 0.124 e. The summed E-state index contributed by atoms with van der Waals surface area (Å²) in [5.41, 5.74) is 2.34. The Morgan fingerprint density at radius 2 is 2.26 bits per heavy atom. The molecule has 0 saturated carbocycles. The Labute approximate surface area is 115 Å². The van der Waals surface area contributed by atoms with Crippen molar-refractivity contribution in [2.45, 2.75) is 32.7 Å². The van der Waals surface area contributed by atoms with Gasteiger partial charge in [-0.25, -0.2) is 0 Å². The second-order valence-corrected chi connectivity index (χ2v) is 4.83. The van der Waals surface area contributed by atoms with Crippen molar-refractivity contribution < 1.29 is 9.47 Å². The highest BCUT2D eigenvalue weighted by Gasteiger charge is 2.22. The molecule has 19 heavy (non-hydrogen) atoms. The van der Waals surface area contributed by atoms with Gasteiger partial charge < -0.3 is 14.8 Å². The number of likely N-dealkylation sites (N-methyl/N-ethyl adjacent to an activating group) is 1. The summed E-state index contributed by atoms with van der Waals surface area (Å²) in [6, 6.07) is 6.40. The molecule has 1 aromatic carbocycles. The van der Waals surface area contributed by atoms with Crippen molar-refractivity contribution in [3.05, 3.63) is 41.2 Å². The fraction of sp³-hybridized carbons (Fsp3) is 0.500. The molecule has 1 heterocycles. The molecule has 1 aromatic rings. The minimum Gasteiger partial charge on any atom is -0.496 e. The average molecular weight is 261 g/mol. The molecule has 0 radical (unpaired) electrons. The molecule has 1 aliphatic heterocycles. The second-order valence-electron chi connectivity index (χ2n) is 4.83. The molecule has 0 aromatic heterocycles. The van der Waals surface area contributed by atoms with E-state index in [1.807, 2.05) is 0 Å². The summed E-state index contributed by atoms with van der Waals surface area (Å²) >= 11 is 0. The highest BCUT2D eigenvalue weighted by Crippen LogP contribution is 2.32. The highest BCUT2D eigenvalue weighted by molar-refractivity contribution is 5.42. The first-order valence-electron chi connectivity index (χ1n) is 6.97. The van der Waals surface area contributed by atoms with Gasteiger partial charge in [0.15, 0.2) is 0 Å². The largest absolute Gasteiger partial charge is 0.496 e. The predicted octanol–water partition coefficient (Wildman–Crippen LogP) is 3.35. The van der Waals surface area contributed by atoms with Gasteiger partial charge in [0.2, 0.25) is 0 Å². The van der Waals surface area contributed by atoms with E-state index in [1.165, 1.54) is 5.56 Å². The summed E-state index contributed by atoms with van der Waals surface area (Å²) in [6.07, 6.45) is 4.38. The van der Waals surface area contributed by atoms with Gasteiger partial charge in [0, 0.05) is 5.56 Å². The Balaban J connectivity index is 2.35. The van der Waals surface area contributed by atoms with Crippen molar-refractivity contribution >= 4 is 0 Å². The first-order chi connectivity index (χ1) is 9.26. The van der Waals surface area contributed by atoms with Crippen LogP contribution in [0.15, 0.2) is 30.0 Å². The molecule has 2 rings (SSSR count). The van der Waals surface area contributed by atoms with Gasteiger partial charge in [-0.15, -0.1) is 0 Å². The summed E-state index contributed by atoms with van der Waals surface area (Å²) in [5, 5.41) is 3.49. The van der Waals surface area contributed by atoms with E-state index in [9.17, 15) is 0 Å². The van der Waals surface area contributed by atoms with E-state index in [2.05, 4.69) is 43.4 Å². The monoisotopic (exact) mass is 261 g/mol. The number of hydrogen-bond donors (Lipinski definition) is 1. The van der Waals surface area contributed by atoms with Crippen LogP contribution >= 0.6 is 0 Å². The average Bonchev–Trinajstić information content (AvgIpc) is 2.46. The molecule has 1 unspecified atom stereocenters. The predicted molar refractivity (Wildman–Crippen MR) is 77.4 cm³/mol. The molecule has 0 spiro atoms. The van der Waals surface area contributed by atoms with Crippen molar-refractivity contribution in [1.82, 2.24) is 5.32 Å². The Morgan fingerprint density at radius 1 is 1.42 bits per heavy atom. The number of allylic oxidation sites excluding steroid dienone is 1. The summed E-state index contributed by atoms with van der Waals surface area (Å²) in [6.45, 7) is 5.88. The van der Waals surface area contributed by atoms with E-state index in [0.29, 0.717) is 0 Å². The number of benzene rings is 1. The number of ether oxygens (including phenoxy) is 2. The van der Waals surface area contributed by atoms with Gasteiger partial charge in [-0.3, -0.25) is 0 Å². The van der Waals surface area contributed by atoms with Gasteiger partial charge in [0.05, 0.1) is 19.8 Å². The van der Waals surface area contributed by atoms with Crippen LogP contribution in [0.4, 0.5) is 0 Å². The lowest BCUT2D eigenvalue weighted by Gasteiger charge is -2.26. The quantitative estimate of drug-likeness (QED) is 0.881. The van der Waals surface area contributed by atoms with Gasteiger partial charge in [-0.2, -0.15) is 0 Å². The van der Waals surface area contributed by atoms with Crippen LogP contribution in [0.5, 0.6) is 5.75 Å².